The number of H-pyrrole nitrogens is 1. The van der Waals surface area contributed by atoms with Crippen molar-refractivity contribution in [3.63, 3.8) is 0 Å². The first kappa shape index (κ1) is 16.3. The fraction of sp³-hybridized carbons (Fsp3) is 0.158. The number of para-hydroxylation sites is 1. The summed E-state index contributed by atoms with van der Waals surface area (Å²) in [5.74, 6) is -0.0812. The summed E-state index contributed by atoms with van der Waals surface area (Å²) in [5, 5.41) is 7.82. The zero-order valence-corrected chi connectivity index (χ0v) is 14.4. The van der Waals surface area contributed by atoms with Gasteiger partial charge < -0.3 is 10.6 Å². The number of hydrogen-bond donors (Lipinski definition) is 2. The number of nitrogens with one attached hydrogen (secondary N) is 3. The van der Waals surface area contributed by atoms with Gasteiger partial charge in [0, 0.05) is 22.8 Å². The van der Waals surface area contributed by atoms with Gasteiger partial charge in [-0.25, -0.2) is 4.98 Å². The van der Waals surface area contributed by atoms with Gasteiger partial charge in [0.05, 0.1) is 17.6 Å². The van der Waals surface area contributed by atoms with E-state index in [0.29, 0.717) is 5.02 Å². The maximum atomic E-state index is 12.3. The first-order valence-electron chi connectivity index (χ1n) is 7.74. The molecule has 0 bridgehead atoms. The van der Waals surface area contributed by atoms with Gasteiger partial charge in [-0.15, -0.1) is 0 Å². The van der Waals surface area contributed by atoms with Gasteiger partial charge in [0.25, 0.3) is 0 Å². The highest BCUT2D eigenvalue weighted by Crippen LogP contribution is 2.23. The molecule has 24 heavy (non-hydrogen) atoms. The number of rotatable bonds is 4. The van der Waals surface area contributed by atoms with Gasteiger partial charge in [-0.1, -0.05) is 29.8 Å². The van der Waals surface area contributed by atoms with Crippen molar-refractivity contribution in [2.24, 2.45) is 0 Å². The number of amides is 1. The van der Waals surface area contributed by atoms with Crippen molar-refractivity contribution >= 4 is 39.8 Å². The molecule has 3 N–H and O–H groups in total. The van der Waals surface area contributed by atoms with Crippen molar-refractivity contribution in [3.8, 4) is 0 Å². The van der Waals surface area contributed by atoms with Gasteiger partial charge in [0.15, 0.2) is 6.20 Å². The summed E-state index contributed by atoms with van der Waals surface area (Å²) in [6.45, 7) is 4.16. The molecule has 2 aromatic carbocycles. The number of aryl methyl sites for hydroxylation is 2. The minimum absolute atomic E-state index is 0.0812. The average molecular weight is 341 g/mol. The minimum Gasteiger partial charge on any atom is -0.375 e. The molecule has 1 aromatic heterocycles. The number of halogens is 1. The van der Waals surface area contributed by atoms with Crippen LogP contribution in [0.1, 0.15) is 11.1 Å². The van der Waals surface area contributed by atoms with Crippen LogP contribution in [0.5, 0.6) is 0 Å². The largest absolute Gasteiger partial charge is 0.375 e. The Hall–Kier alpha value is -2.59. The first-order valence-corrected chi connectivity index (χ1v) is 8.12. The number of hydrogen-bond acceptors (Lipinski definition) is 2. The molecule has 3 aromatic rings. The van der Waals surface area contributed by atoms with E-state index >= 15 is 0 Å². The summed E-state index contributed by atoms with van der Waals surface area (Å²) >= 11 is 6.01. The van der Waals surface area contributed by atoms with E-state index in [-0.39, 0.29) is 12.5 Å². The second-order valence-corrected chi connectivity index (χ2v) is 6.19. The van der Waals surface area contributed by atoms with E-state index in [2.05, 4.69) is 15.6 Å². The lowest BCUT2D eigenvalue weighted by Gasteiger charge is -2.12. The van der Waals surface area contributed by atoms with Crippen LogP contribution >= 0.6 is 11.6 Å². The number of carbonyl (C=O) groups excluding carboxylic acids is 1. The third kappa shape index (κ3) is 3.49. The molecule has 3 rings (SSSR count). The normalized spacial score (nSPS) is 10.6. The lowest BCUT2D eigenvalue weighted by molar-refractivity contribution is -0.344. The van der Waals surface area contributed by atoms with Gasteiger partial charge >= 0.3 is 0 Å². The van der Waals surface area contributed by atoms with Crippen LogP contribution in [0.2, 0.25) is 5.02 Å². The Kier molecular flexibility index (Phi) is 4.67. The Morgan fingerprint density at radius 1 is 1.12 bits per heavy atom. The predicted molar refractivity (Wildman–Crippen MR) is 98.5 cm³/mol. The molecule has 1 amide bonds. The van der Waals surface area contributed by atoms with E-state index in [1.54, 1.807) is 0 Å². The van der Waals surface area contributed by atoms with Crippen LogP contribution in [-0.2, 0) is 4.79 Å². The number of pyridine rings is 1. The van der Waals surface area contributed by atoms with Crippen molar-refractivity contribution in [1.82, 2.24) is 0 Å². The molecule has 0 radical (unpaired) electrons. The van der Waals surface area contributed by atoms with Crippen molar-refractivity contribution in [3.05, 3.63) is 64.8 Å². The maximum absolute atomic E-state index is 12.3. The van der Waals surface area contributed by atoms with Crippen LogP contribution in [0.25, 0.3) is 10.9 Å². The number of aromatic amines is 1. The molecular formula is C19H19ClN3O+. The van der Waals surface area contributed by atoms with Crippen molar-refractivity contribution in [1.29, 1.82) is 0 Å². The van der Waals surface area contributed by atoms with E-state index in [9.17, 15) is 4.79 Å². The molecule has 0 atom stereocenters. The molecule has 0 spiro atoms. The lowest BCUT2D eigenvalue weighted by Crippen LogP contribution is -2.23. The average Bonchev–Trinajstić information content (AvgIpc) is 2.56. The molecule has 0 aliphatic rings. The van der Waals surface area contributed by atoms with Crippen molar-refractivity contribution in [2.45, 2.75) is 13.8 Å². The molecule has 0 unspecified atom stereocenters. The van der Waals surface area contributed by atoms with Crippen LogP contribution in [-0.4, -0.2) is 12.5 Å². The summed E-state index contributed by atoms with van der Waals surface area (Å²) in [6, 6.07) is 13.5. The molecule has 122 valence electrons. The third-order valence-electron chi connectivity index (χ3n) is 3.95. The van der Waals surface area contributed by atoms with Gasteiger partial charge in [-0.2, -0.15) is 0 Å². The van der Waals surface area contributed by atoms with Crippen molar-refractivity contribution in [2.75, 3.05) is 17.2 Å². The SMILES string of the molecule is Cc1cccc(C)c1NC(=O)CNc1cc[nH+]c2cc(Cl)ccc12. The lowest BCUT2D eigenvalue weighted by atomic mass is 10.1. The van der Waals surface area contributed by atoms with Gasteiger partial charge in [-0.05, 0) is 37.1 Å². The molecule has 5 heteroatoms. The monoisotopic (exact) mass is 340 g/mol. The van der Waals surface area contributed by atoms with E-state index < -0.39 is 0 Å². The van der Waals surface area contributed by atoms with Gasteiger partial charge in [0.2, 0.25) is 11.4 Å². The van der Waals surface area contributed by atoms with E-state index in [0.717, 1.165) is 33.4 Å². The molecular weight excluding hydrogens is 322 g/mol. The second kappa shape index (κ2) is 6.89. The molecule has 0 saturated heterocycles. The Morgan fingerprint density at radius 2 is 1.88 bits per heavy atom. The molecule has 1 heterocycles. The van der Waals surface area contributed by atoms with E-state index in [1.165, 1.54) is 0 Å². The smallest absolute Gasteiger partial charge is 0.243 e. The number of benzene rings is 2. The molecule has 0 aliphatic heterocycles. The molecule has 0 fully saturated rings. The molecule has 0 aliphatic carbocycles. The quantitative estimate of drug-likeness (QED) is 0.755. The standard InChI is InChI=1S/C19H18ClN3O/c1-12-4-3-5-13(2)19(12)23-18(24)11-22-16-8-9-21-17-10-14(20)6-7-15(16)17/h3-10H,11H2,1-2H3,(H,21,22)(H,23,24)/p+1. The fourth-order valence-corrected chi connectivity index (χ4v) is 2.87. The van der Waals surface area contributed by atoms with Crippen LogP contribution < -0.4 is 15.6 Å². The highest BCUT2D eigenvalue weighted by molar-refractivity contribution is 6.31. The summed E-state index contributed by atoms with van der Waals surface area (Å²) in [6.07, 6.45) is 1.82. The summed E-state index contributed by atoms with van der Waals surface area (Å²) < 4.78 is 0. The van der Waals surface area contributed by atoms with E-state index in [1.807, 2.05) is 62.5 Å². The predicted octanol–water partition coefficient (Wildman–Crippen LogP) is 3.97. The number of fused-ring (bicyclic) bond motifs is 1. The summed E-state index contributed by atoms with van der Waals surface area (Å²) in [5.41, 5.74) is 4.79. The van der Waals surface area contributed by atoms with Crippen LogP contribution in [0.3, 0.4) is 0 Å². The van der Waals surface area contributed by atoms with Crippen LogP contribution in [0.15, 0.2) is 48.7 Å². The Morgan fingerprint density at radius 3 is 2.62 bits per heavy atom. The van der Waals surface area contributed by atoms with Crippen molar-refractivity contribution < 1.29 is 9.78 Å². The molecule has 0 saturated carbocycles. The van der Waals surface area contributed by atoms with Gasteiger partial charge in [0.1, 0.15) is 0 Å². The Bertz CT molecular complexity index is 888. The first-order chi connectivity index (χ1) is 11.5. The van der Waals surface area contributed by atoms with Crippen LogP contribution in [0.4, 0.5) is 11.4 Å². The Balaban J connectivity index is 1.73. The van der Waals surface area contributed by atoms with E-state index in [4.69, 9.17) is 11.6 Å². The van der Waals surface area contributed by atoms with Gasteiger partial charge in [-0.3, -0.25) is 4.79 Å². The molecule has 4 nitrogen and oxygen atoms in total. The topological polar surface area (TPSA) is 55.3 Å². The number of aromatic nitrogens is 1. The minimum atomic E-state index is -0.0812. The number of anilines is 2. The van der Waals surface area contributed by atoms with Crippen LogP contribution in [0, 0.1) is 13.8 Å². The highest BCUT2D eigenvalue weighted by atomic mass is 35.5. The maximum Gasteiger partial charge on any atom is 0.243 e. The fourth-order valence-electron chi connectivity index (χ4n) is 2.70. The Labute approximate surface area is 145 Å². The summed E-state index contributed by atoms with van der Waals surface area (Å²) in [4.78, 5) is 15.4. The highest BCUT2D eigenvalue weighted by Gasteiger charge is 2.10. The number of carbonyl (C=O) groups is 1. The summed E-state index contributed by atoms with van der Waals surface area (Å²) in [7, 11) is 0. The zero-order chi connectivity index (χ0) is 17.1. The zero-order valence-electron chi connectivity index (χ0n) is 13.6. The third-order valence-corrected chi connectivity index (χ3v) is 4.18. The second-order valence-electron chi connectivity index (χ2n) is 5.75.